The van der Waals surface area contributed by atoms with E-state index in [0.717, 1.165) is 25.3 Å². The number of hydrogen-bond donors (Lipinski definition) is 1. The largest absolute Gasteiger partial charge is 0.395 e. The SMILES string of the molecule is CCCN(CCO)Cc1ncnn1C. The number of aromatic nitrogens is 3. The number of nitrogens with zero attached hydrogens (tertiary/aromatic N) is 4. The first-order chi connectivity index (χ1) is 6.77. The average molecular weight is 198 g/mol. The molecule has 0 saturated heterocycles. The topological polar surface area (TPSA) is 54.2 Å². The molecule has 0 atom stereocenters. The van der Waals surface area contributed by atoms with E-state index in [1.807, 2.05) is 7.05 Å². The van der Waals surface area contributed by atoms with Crippen molar-refractivity contribution in [2.75, 3.05) is 19.7 Å². The van der Waals surface area contributed by atoms with Crippen LogP contribution in [-0.2, 0) is 13.6 Å². The molecule has 14 heavy (non-hydrogen) atoms. The molecule has 5 nitrogen and oxygen atoms in total. The molecule has 0 aliphatic heterocycles. The molecular formula is C9H18N4O. The summed E-state index contributed by atoms with van der Waals surface area (Å²) < 4.78 is 1.76. The summed E-state index contributed by atoms with van der Waals surface area (Å²) in [6.07, 6.45) is 2.64. The molecule has 0 spiro atoms. The van der Waals surface area contributed by atoms with Gasteiger partial charge in [-0.25, -0.2) is 4.98 Å². The van der Waals surface area contributed by atoms with Gasteiger partial charge in [0.1, 0.15) is 12.2 Å². The van der Waals surface area contributed by atoms with Gasteiger partial charge in [0.25, 0.3) is 0 Å². The molecule has 0 unspecified atom stereocenters. The van der Waals surface area contributed by atoms with Gasteiger partial charge >= 0.3 is 0 Å². The minimum Gasteiger partial charge on any atom is -0.395 e. The summed E-state index contributed by atoms with van der Waals surface area (Å²) >= 11 is 0. The summed E-state index contributed by atoms with van der Waals surface area (Å²) in [6, 6.07) is 0. The standard InChI is InChI=1S/C9H18N4O/c1-3-4-13(5-6-14)7-9-10-8-11-12(9)2/h8,14H,3-7H2,1-2H3. The molecule has 0 aromatic carbocycles. The first-order valence-electron chi connectivity index (χ1n) is 4.94. The van der Waals surface area contributed by atoms with Crippen LogP contribution >= 0.6 is 0 Å². The van der Waals surface area contributed by atoms with Gasteiger partial charge in [0.15, 0.2) is 0 Å². The molecule has 0 amide bonds. The number of rotatable bonds is 6. The molecule has 0 fully saturated rings. The number of aliphatic hydroxyl groups excluding tert-OH is 1. The highest BCUT2D eigenvalue weighted by molar-refractivity contribution is 4.83. The maximum absolute atomic E-state index is 8.88. The maximum Gasteiger partial charge on any atom is 0.140 e. The molecule has 0 saturated carbocycles. The smallest absolute Gasteiger partial charge is 0.140 e. The van der Waals surface area contributed by atoms with E-state index in [1.165, 1.54) is 0 Å². The van der Waals surface area contributed by atoms with Gasteiger partial charge < -0.3 is 5.11 Å². The molecule has 0 bridgehead atoms. The van der Waals surface area contributed by atoms with Crippen LogP contribution in [0.3, 0.4) is 0 Å². The number of aliphatic hydroxyl groups is 1. The minimum atomic E-state index is 0.192. The van der Waals surface area contributed by atoms with Crippen molar-refractivity contribution in [2.45, 2.75) is 19.9 Å². The summed E-state index contributed by atoms with van der Waals surface area (Å²) in [4.78, 5) is 6.32. The first-order valence-corrected chi connectivity index (χ1v) is 4.94. The van der Waals surface area contributed by atoms with Crippen molar-refractivity contribution in [3.8, 4) is 0 Å². The van der Waals surface area contributed by atoms with Gasteiger partial charge in [-0.15, -0.1) is 0 Å². The zero-order chi connectivity index (χ0) is 10.4. The maximum atomic E-state index is 8.88. The van der Waals surface area contributed by atoms with Gasteiger partial charge in [-0.3, -0.25) is 9.58 Å². The number of aryl methyl sites for hydroxylation is 1. The minimum absolute atomic E-state index is 0.192. The zero-order valence-electron chi connectivity index (χ0n) is 8.85. The summed E-state index contributed by atoms with van der Waals surface area (Å²) in [5.41, 5.74) is 0. The Morgan fingerprint density at radius 1 is 1.50 bits per heavy atom. The predicted octanol–water partition coefficient (Wildman–Crippen LogP) is 0.0194. The first kappa shape index (κ1) is 11.1. The van der Waals surface area contributed by atoms with E-state index < -0.39 is 0 Å². The van der Waals surface area contributed by atoms with Crippen molar-refractivity contribution in [1.29, 1.82) is 0 Å². The predicted molar refractivity (Wildman–Crippen MR) is 53.7 cm³/mol. The Kier molecular flexibility index (Phi) is 4.55. The van der Waals surface area contributed by atoms with Gasteiger partial charge in [-0.1, -0.05) is 6.92 Å². The average Bonchev–Trinajstić information content (AvgIpc) is 2.53. The van der Waals surface area contributed by atoms with Crippen molar-refractivity contribution in [3.05, 3.63) is 12.2 Å². The monoisotopic (exact) mass is 198 g/mol. The van der Waals surface area contributed by atoms with E-state index in [4.69, 9.17) is 5.11 Å². The van der Waals surface area contributed by atoms with Gasteiger partial charge in [0.05, 0.1) is 13.2 Å². The quantitative estimate of drug-likeness (QED) is 0.700. The molecular weight excluding hydrogens is 180 g/mol. The second-order valence-corrected chi connectivity index (χ2v) is 3.30. The van der Waals surface area contributed by atoms with E-state index in [0.29, 0.717) is 6.54 Å². The van der Waals surface area contributed by atoms with Gasteiger partial charge in [0.2, 0.25) is 0 Å². The van der Waals surface area contributed by atoms with Crippen molar-refractivity contribution in [2.24, 2.45) is 7.05 Å². The lowest BCUT2D eigenvalue weighted by molar-refractivity contribution is 0.186. The fourth-order valence-corrected chi connectivity index (χ4v) is 1.39. The molecule has 0 aliphatic carbocycles. The zero-order valence-corrected chi connectivity index (χ0v) is 8.85. The Bertz CT molecular complexity index is 255. The Hall–Kier alpha value is -0.940. The lowest BCUT2D eigenvalue weighted by Gasteiger charge is -2.19. The van der Waals surface area contributed by atoms with Crippen LogP contribution in [0.25, 0.3) is 0 Å². The third-order valence-electron chi connectivity index (χ3n) is 2.13. The third-order valence-corrected chi connectivity index (χ3v) is 2.13. The van der Waals surface area contributed by atoms with Crippen LogP contribution in [0.2, 0.25) is 0 Å². The molecule has 5 heteroatoms. The highest BCUT2D eigenvalue weighted by atomic mass is 16.3. The Morgan fingerprint density at radius 2 is 2.29 bits per heavy atom. The number of hydrogen-bond acceptors (Lipinski definition) is 4. The van der Waals surface area contributed by atoms with Crippen LogP contribution in [0.15, 0.2) is 6.33 Å². The van der Waals surface area contributed by atoms with E-state index in [-0.39, 0.29) is 6.61 Å². The Morgan fingerprint density at radius 3 is 2.79 bits per heavy atom. The molecule has 0 aliphatic rings. The van der Waals surface area contributed by atoms with E-state index in [2.05, 4.69) is 21.9 Å². The second kappa shape index (κ2) is 5.72. The highest BCUT2D eigenvalue weighted by Gasteiger charge is 2.07. The lowest BCUT2D eigenvalue weighted by Crippen LogP contribution is -2.28. The van der Waals surface area contributed by atoms with Crippen LogP contribution < -0.4 is 0 Å². The van der Waals surface area contributed by atoms with Crippen molar-refractivity contribution in [1.82, 2.24) is 19.7 Å². The van der Waals surface area contributed by atoms with Crippen LogP contribution in [0.5, 0.6) is 0 Å². The third kappa shape index (κ3) is 3.08. The Labute approximate surface area is 84.4 Å². The van der Waals surface area contributed by atoms with Crippen LogP contribution in [0.4, 0.5) is 0 Å². The van der Waals surface area contributed by atoms with Crippen molar-refractivity contribution >= 4 is 0 Å². The van der Waals surface area contributed by atoms with E-state index in [9.17, 15) is 0 Å². The molecule has 1 aromatic heterocycles. The summed E-state index contributed by atoms with van der Waals surface area (Å²) in [7, 11) is 1.88. The molecule has 1 heterocycles. The molecule has 0 radical (unpaired) electrons. The summed E-state index contributed by atoms with van der Waals surface area (Å²) in [5, 5.41) is 12.9. The van der Waals surface area contributed by atoms with Crippen LogP contribution in [-0.4, -0.2) is 44.5 Å². The van der Waals surface area contributed by atoms with Gasteiger partial charge in [0, 0.05) is 13.6 Å². The normalized spacial score (nSPS) is 11.1. The molecule has 1 aromatic rings. The van der Waals surface area contributed by atoms with Crippen LogP contribution in [0, 0.1) is 0 Å². The van der Waals surface area contributed by atoms with Crippen LogP contribution in [0.1, 0.15) is 19.2 Å². The highest BCUT2D eigenvalue weighted by Crippen LogP contribution is 2.00. The van der Waals surface area contributed by atoms with Gasteiger partial charge in [-0.05, 0) is 13.0 Å². The molecule has 80 valence electrons. The summed E-state index contributed by atoms with van der Waals surface area (Å²) in [5.74, 6) is 0.937. The van der Waals surface area contributed by atoms with E-state index in [1.54, 1.807) is 11.0 Å². The molecule has 1 rings (SSSR count). The van der Waals surface area contributed by atoms with E-state index >= 15 is 0 Å². The lowest BCUT2D eigenvalue weighted by atomic mass is 10.4. The summed E-state index contributed by atoms with van der Waals surface area (Å²) in [6.45, 7) is 4.75. The Balaban J connectivity index is 2.50. The second-order valence-electron chi connectivity index (χ2n) is 3.30. The fraction of sp³-hybridized carbons (Fsp3) is 0.778. The molecule has 1 N–H and O–H groups in total. The van der Waals surface area contributed by atoms with Gasteiger partial charge in [-0.2, -0.15) is 5.10 Å². The van der Waals surface area contributed by atoms with Crippen molar-refractivity contribution < 1.29 is 5.11 Å². The fourth-order valence-electron chi connectivity index (χ4n) is 1.39. The van der Waals surface area contributed by atoms with Crippen molar-refractivity contribution in [3.63, 3.8) is 0 Å².